The highest BCUT2D eigenvalue weighted by molar-refractivity contribution is 5.91. The molecule has 1 aromatic heterocycles. The molecule has 4 rings (SSSR count). The monoisotopic (exact) mass is 418 g/mol. The van der Waals surface area contributed by atoms with E-state index in [1.54, 1.807) is 0 Å². The van der Waals surface area contributed by atoms with Crippen molar-refractivity contribution in [3.63, 3.8) is 0 Å². The number of ether oxygens (including phenoxy) is 1. The zero-order valence-corrected chi connectivity index (χ0v) is 18.5. The van der Waals surface area contributed by atoms with E-state index in [1.807, 2.05) is 44.2 Å². The number of fused-ring (bicyclic) bond motifs is 1. The Bertz CT molecular complexity index is 1050. The van der Waals surface area contributed by atoms with Crippen LogP contribution in [0.2, 0.25) is 0 Å². The van der Waals surface area contributed by atoms with Crippen LogP contribution in [-0.2, 0) is 4.74 Å². The molecule has 0 radical (unpaired) electrons. The zero-order chi connectivity index (χ0) is 21.8. The van der Waals surface area contributed by atoms with Crippen LogP contribution in [0.15, 0.2) is 48.5 Å². The maximum atomic E-state index is 11.9. The lowest BCUT2D eigenvalue weighted by atomic mass is 9.97. The number of nitrogens with one attached hydrogen (secondary N) is 1. The molecule has 0 bridgehead atoms. The number of amides is 1. The Hall–Kier alpha value is -3.15. The number of carbonyl (C=O) groups excluding carboxylic acids is 1. The minimum absolute atomic E-state index is 0.116. The average Bonchev–Trinajstić information content (AvgIpc) is 2.77. The lowest BCUT2D eigenvalue weighted by Gasteiger charge is -2.34. The van der Waals surface area contributed by atoms with Gasteiger partial charge in [-0.1, -0.05) is 36.4 Å². The number of hydrogen-bond acceptors (Lipinski definition) is 5. The first-order chi connectivity index (χ1) is 15.0. The highest BCUT2D eigenvalue weighted by Gasteiger charge is 2.24. The van der Waals surface area contributed by atoms with Crippen LogP contribution in [0.25, 0.3) is 22.3 Å². The van der Waals surface area contributed by atoms with Crippen LogP contribution in [-0.4, -0.2) is 41.8 Å². The molecule has 3 aromatic rings. The van der Waals surface area contributed by atoms with Gasteiger partial charge in [-0.25, -0.2) is 14.8 Å². The van der Waals surface area contributed by atoms with Gasteiger partial charge in [0.25, 0.3) is 0 Å². The summed E-state index contributed by atoms with van der Waals surface area (Å²) in [6.45, 7) is 8.19. The van der Waals surface area contributed by atoms with Crippen molar-refractivity contribution in [2.75, 3.05) is 24.5 Å². The van der Waals surface area contributed by atoms with Gasteiger partial charge in [-0.3, -0.25) is 0 Å². The van der Waals surface area contributed by atoms with Gasteiger partial charge in [-0.15, -0.1) is 0 Å². The van der Waals surface area contributed by atoms with E-state index in [0.717, 1.165) is 54.0 Å². The molecule has 1 saturated heterocycles. The molecule has 1 amide bonds. The molecule has 1 aliphatic heterocycles. The van der Waals surface area contributed by atoms with Gasteiger partial charge < -0.3 is 15.0 Å². The fourth-order valence-corrected chi connectivity index (χ4v) is 4.09. The van der Waals surface area contributed by atoms with E-state index in [1.165, 1.54) is 5.56 Å². The molecule has 31 heavy (non-hydrogen) atoms. The lowest BCUT2D eigenvalue weighted by molar-refractivity contribution is 0.114. The highest BCUT2D eigenvalue weighted by atomic mass is 16.6. The summed E-state index contributed by atoms with van der Waals surface area (Å²) in [5.41, 5.74) is 3.16. The second-order valence-corrected chi connectivity index (χ2v) is 8.55. The van der Waals surface area contributed by atoms with Gasteiger partial charge in [0.05, 0.1) is 11.6 Å². The predicted octanol–water partition coefficient (Wildman–Crippen LogP) is 4.96. The number of hydrogen-bond donors (Lipinski definition) is 1. The summed E-state index contributed by atoms with van der Waals surface area (Å²) in [6.07, 6.45) is 1.67. The minimum atomic E-state index is -0.346. The van der Waals surface area contributed by atoms with Gasteiger partial charge in [0.2, 0.25) is 0 Å². The van der Waals surface area contributed by atoms with E-state index in [0.29, 0.717) is 12.5 Å². The molecular weight excluding hydrogens is 388 g/mol. The van der Waals surface area contributed by atoms with Crippen LogP contribution >= 0.6 is 0 Å². The van der Waals surface area contributed by atoms with E-state index in [9.17, 15) is 4.79 Å². The van der Waals surface area contributed by atoms with Gasteiger partial charge in [-0.2, -0.15) is 0 Å². The molecule has 2 heterocycles. The topological polar surface area (TPSA) is 67.4 Å². The number of aromatic nitrogens is 2. The van der Waals surface area contributed by atoms with Crippen molar-refractivity contribution in [3.8, 4) is 11.4 Å². The van der Waals surface area contributed by atoms with Crippen LogP contribution in [0.3, 0.4) is 0 Å². The Labute approximate surface area is 183 Å². The Kier molecular flexibility index (Phi) is 6.35. The molecule has 2 aromatic carbocycles. The zero-order valence-electron chi connectivity index (χ0n) is 18.5. The lowest BCUT2D eigenvalue weighted by Crippen LogP contribution is -2.41. The van der Waals surface area contributed by atoms with Gasteiger partial charge >= 0.3 is 6.09 Å². The summed E-state index contributed by atoms with van der Waals surface area (Å²) in [5, 5.41) is 3.98. The van der Waals surface area contributed by atoms with Crippen LogP contribution in [0.5, 0.6) is 0 Å². The standard InChI is InChI=1S/C25H30N4O2/c1-17(2)31-25(30)26-15-19-8-7-13-29(16-19)24-21-12-11-18(3)14-22(21)27-23(28-24)20-9-5-4-6-10-20/h4-6,9-12,14,17,19H,7-8,13,15-16H2,1-3H3,(H,26,30)/t19-/m0/s1. The summed E-state index contributed by atoms with van der Waals surface area (Å²) in [6, 6.07) is 16.5. The van der Waals surface area contributed by atoms with Crippen molar-refractivity contribution < 1.29 is 9.53 Å². The smallest absolute Gasteiger partial charge is 0.407 e. The Morgan fingerprint density at radius 2 is 2.00 bits per heavy atom. The Morgan fingerprint density at radius 3 is 2.77 bits per heavy atom. The first-order valence-electron chi connectivity index (χ1n) is 11.0. The van der Waals surface area contributed by atoms with E-state index in [2.05, 4.69) is 35.3 Å². The van der Waals surface area contributed by atoms with Crippen molar-refractivity contribution in [1.29, 1.82) is 0 Å². The third-order valence-electron chi connectivity index (χ3n) is 5.56. The number of benzene rings is 2. The van der Waals surface area contributed by atoms with Crippen molar-refractivity contribution >= 4 is 22.8 Å². The van der Waals surface area contributed by atoms with Crippen LogP contribution in [0, 0.1) is 12.8 Å². The molecule has 6 heteroatoms. The summed E-state index contributed by atoms with van der Waals surface area (Å²) in [4.78, 5) is 24.1. The fraction of sp³-hybridized carbons (Fsp3) is 0.400. The molecule has 1 atom stereocenters. The molecule has 0 aliphatic carbocycles. The van der Waals surface area contributed by atoms with E-state index < -0.39 is 0 Å². The molecular formula is C25H30N4O2. The number of carbonyl (C=O) groups is 1. The molecule has 1 fully saturated rings. The largest absolute Gasteiger partial charge is 0.447 e. The van der Waals surface area contributed by atoms with Crippen molar-refractivity contribution in [2.24, 2.45) is 5.92 Å². The third-order valence-corrected chi connectivity index (χ3v) is 5.56. The molecule has 162 valence electrons. The summed E-state index contributed by atoms with van der Waals surface area (Å²) in [7, 11) is 0. The van der Waals surface area contributed by atoms with Gasteiger partial charge in [-0.05, 0) is 57.2 Å². The molecule has 0 unspecified atom stereocenters. The van der Waals surface area contributed by atoms with Crippen LogP contribution in [0.1, 0.15) is 32.3 Å². The molecule has 0 spiro atoms. The maximum Gasteiger partial charge on any atom is 0.407 e. The predicted molar refractivity (Wildman–Crippen MR) is 124 cm³/mol. The third kappa shape index (κ3) is 5.13. The van der Waals surface area contributed by atoms with E-state index in [4.69, 9.17) is 14.7 Å². The number of aryl methyl sites for hydroxylation is 1. The summed E-state index contributed by atoms with van der Waals surface area (Å²) < 4.78 is 5.20. The van der Waals surface area contributed by atoms with E-state index in [-0.39, 0.29) is 12.2 Å². The van der Waals surface area contributed by atoms with Crippen molar-refractivity contribution in [3.05, 3.63) is 54.1 Å². The van der Waals surface area contributed by atoms with Gasteiger partial charge in [0.1, 0.15) is 5.82 Å². The number of rotatable bonds is 5. The highest BCUT2D eigenvalue weighted by Crippen LogP contribution is 2.31. The number of alkyl carbamates (subject to hydrolysis) is 1. The maximum absolute atomic E-state index is 11.9. The first kappa shape index (κ1) is 21.1. The normalized spacial score (nSPS) is 16.5. The molecule has 1 aliphatic rings. The Morgan fingerprint density at radius 1 is 1.19 bits per heavy atom. The number of piperidine rings is 1. The van der Waals surface area contributed by atoms with Crippen molar-refractivity contribution in [1.82, 2.24) is 15.3 Å². The van der Waals surface area contributed by atoms with Gasteiger partial charge in [0, 0.05) is 30.6 Å². The number of anilines is 1. The second-order valence-electron chi connectivity index (χ2n) is 8.55. The van der Waals surface area contributed by atoms with E-state index >= 15 is 0 Å². The fourth-order valence-electron chi connectivity index (χ4n) is 4.09. The van der Waals surface area contributed by atoms with Crippen LogP contribution in [0.4, 0.5) is 10.6 Å². The number of nitrogens with zero attached hydrogens (tertiary/aromatic N) is 3. The minimum Gasteiger partial charge on any atom is -0.447 e. The second kappa shape index (κ2) is 9.33. The SMILES string of the molecule is Cc1ccc2c(N3CCC[C@@H](CNC(=O)OC(C)C)C3)nc(-c3ccccc3)nc2c1. The van der Waals surface area contributed by atoms with Crippen molar-refractivity contribution in [2.45, 2.75) is 39.7 Å². The molecule has 0 saturated carbocycles. The van der Waals surface area contributed by atoms with Crippen LogP contribution < -0.4 is 10.2 Å². The Balaban J connectivity index is 1.61. The molecule has 1 N–H and O–H groups in total. The van der Waals surface area contributed by atoms with Gasteiger partial charge in [0.15, 0.2) is 5.82 Å². The quantitative estimate of drug-likeness (QED) is 0.635. The summed E-state index contributed by atoms with van der Waals surface area (Å²) in [5.74, 6) is 2.07. The summed E-state index contributed by atoms with van der Waals surface area (Å²) >= 11 is 0. The first-order valence-corrected chi connectivity index (χ1v) is 11.0. The average molecular weight is 419 g/mol. The molecule has 6 nitrogen and oxygen atoms in total.